The molecule has 4 rings (SSSR count). The molecular formula is C19H18N4O3S. The highest BCUT2D eigenvalue weighted by molar-refractivity contribution is 7.18. The largest absolute Gasteiger partial charge is 0.467 e. The fourth-order valence-electron chi connectivity index (χ4n) is 3.22. The summed E-state index contributed by atoms with van der Waals surface area (Å²) >= 11 is 1.68. The Morgan fingerprint density at radius 1 is 1.19 bits per heavy atom. The number of fused-ring (bicyclic) bond motifs is 3. The molecular weight excluding hydrogens is 364 g/mol. The van der Waals surface area contributed by atoms with Crippen LogP contribution in [-0.2, 0) is 22.4 Å². The molecule has 0 atom stereocenters. The van der Waals surface area contributed by atoms with Crippen LogP contribution in [-0.4, -0.2) is 28.4 Å². The van der Waals surface area contributed by atoms with Crippen molar-refractivity contribution in [1.29, 1.82) is 0 Å². The van der Waals surface area contributed by atoms with Crippen LogP contribution in [0, 0.1) is 0 Å². The average molecular weight is 382 g/mol. The number of benzene rings is 1. The number of thiophene rings is 1. The van der Waals surface area contributed by atoms with Crippen molar-refractivity contribution in [1.82, 2.24) is 9.97 Å². The number of hydrogen-bond acceptors (Lipinski definition) is 6. The quantitative estimate of drug-likeness (QED) is 0.707. The molecule has 2 N–H and O–H groups in total. The van der Waals surface area contributed by atoms with Crippen LogP contribution in [0.3, 0.4) is 0 Å². The Kier molecular flexibility index (Phi) is 4.72. The Labute approximate surface area is 159 Å². The molecule has 0 saturated heterocycles. The van der Waals surface area contributed by atoms with Crippen molar-refractivity contribution in [3.63, 3.8) is 0 Å². The summed E-state index contributed by atoms with van der Waals surface area (Å²) in [5.74, 6) is -0.00644. The molecule has 1 aromatic carbocycles. The number of anilines is 2. The van der Waals surface area contributed by atoms with Gasteiger partial charge in [0.1, 0.15) is 11.2 Å². The number of aromatic nitrogens is 2. The van der Waals surface area contributed by atoms with Crippen LogP contribution in [0.4, 0.5) is 11.4 Å². The van der Waals surface area contributed by atoms with E-state index in [0.717, 1.165) is 29.5 Å². The zero-order valence-electron chi connectivity index (χ0n) is 14.7. The first-order valence-electron chi connectivity index (χ1n) is 8.65. The maximum Gasteiger partial charge on any atom is 0.262 e. The maximum atomic E-state index is 12.3. The number of carbonyl (C=O) groups excluding carboxylic acids is 2. The van der Waals surface area contributed by atoms with Gasteiger partial charge in [0.2, 0.25) is 11.8 Å². The Morgan fingerprint density at radius 3 is 2.81 bits per heavy atom. The summed E-state index contributed by atoms with van der Waals surface area (Å²) < 4.78 is 5.71. The minimum atomic E-state index is -0.298. The van der Waals surface area contributed by atoms with Gasteiger partial charge in [0.15, 0.2) is 6.61 Å². The second-order valence-corrected chi connectivity index (χ2v) is 7.40. The lowest BCUT2D eigenvalue weighted by atomic mass is 10.2. The van der Waals surface area contributed by atoms with E-state index >= 15 is 0 Å². The van der Waals surface area contributed by atoms with Gasteiger partial charge >= 0.3 is 0 Å². The summed E-state index contributed by atoms with van der Waals surface area (Å²) in [6, 6.07) is 6.94. The first kappa shape index (κ1) is 17.4. The van der Waals surface area contributed by atoms with Gasteiger partial charge in [0.25, 0.3) is 5.91 Å². The number of ether oxygens (including phenoxy) is 1. The van der Waals surface area contributed by atoms with Gasteiger partial charge < -0.3 is 15.4 Å². The van der Waals surface area contributed by atoms with E-state index in [1.165, 1.54) is 23.7 Å². The molecule has 0 fully saturated rings. The topological polar surface area (TPSA) is 93.2 Å². The normalized spacial score (nSPS) is 12.6. The SMILES string of the molecule is CC(=O)Nc1cccc(NC(=O)COc2ncnc3sc4c(c23)CCC4)c1. The molecule has 0 spiro atoms. The van der Waals surface area contributed by atoms with Crippen molar-refractivity contribution in [2.24, 2.45) is 0 Å². The number of amides is 2. The van der Waals surface area contributed by atoms with E-state index in [1.54, 1.807) is 35.6 Å². The number of nitrogens with zero attached hydrogens (tertiary/aromatic N) is 2. The van der Waals surface area contributed by atoms with Crippen LogP contribution >= 0.6 is 11.3 Å². The van der Waals surface area contributed by atoms with Crippen LogP contribution in [0.2, 0.25) is 0 Å². The van der Waals surface area contributed by atoms with Crippen molar-refractivity contribution in [3.8, 4) is 5.88 Å². The fourth-order valence-corrected chi connectivity index (χ4v) is 4.44. The second kappa shape index (κ2) is 7.32. The monoisotopic (exact) mass is 382 g/mol. The van der Waals surface area contributed by atoms with E-state index in [1.807, 2.05) is 0 Å². The summed E-state index contributed by atoms with van der Waals surface area (Å²) in [7, 11) is 0. The first-order chi connectivity index (χ1) is 13.1. The highest BCUT2D eigenvalue weighted by Crippen LogP contribution is 2.39. The molecule has 1 aliphatic rings. The van der Waals surface area contributed by atoms with E-state index in [2.05, 4.69) is 20.6 Å². The standard InChI is InChI=1S/C19H18N4O3S/c1-11(24)22-12-4-2-5-13(8-12)23-16(25)9-26-18-17-14-6-3-7-15(14)27-19(17)21-10-20-18/h2,4-5,8,10H,3,6-7,9H2,1H3,(H,22,24)(H,23,25). The molecule has 8 heteroatoms. The second-order valence-electron chi connectivity index (χ2n) is 6.32. The van der Waals surface area contributed by atoms with E-state index in [4.69, 9.17) is 4.74 Å². The summed E-state index contributed by atoms with van der Waals surface area (Å²) in [6.45, 7) is 1.28. The molecule has 0 radical (unpaired) electrons. The lowest BCUT2D eigenvalue weighted by molar-refractivity contribution is -0.118. The third-order valence-corrected chi connectivity index (χ3v) is 5.47. The molecule has 27 heavy (non-hydrogen) atoms. The molecule has 0 unspecified atom stereocenters. The zero-order chi connectivity index (χ0) is 18.8. The summed E-state index contributed by atoms with van der Waals surface area (Å²) in [6.07, 6.45) is 4.68. The number of rotatable bonds is 5. The van der Waals surface area contributed by atoms with Crippen molar-refractivity contribution >= 4 is 44.7 Å². The Balaban J connectivity index is 1.44. The summed E-state index contributed by atoms with van der Waals surface area (Å²) in [5, 5.41) is 6.38. The molecule has 138 valence electrons. The predicted molar refractivity (Wildman–Crippen MR) is 104 cm³/mol. The lowest BCUT2D eigenvalue weighted by Gasteiger charge is -2.09. The minimum Gasteiger partial charge on any atom is -0.467 e. The smallest absolute Gasteiger partial charge is 0.262 e. The van der Waals surface area contributed by atoms with Gasteiger partial charge in [0.05, 0.1) is 5.39 Å². The van der Waals surface area contributed by atoms with Crippen LogP contribution in [0.15, 0.2) is 30.6 Å². The molecule has 0 saturated carbocycles. The molecule has 7 nitrogen and oxygen atoms in total. The van der Waals surface area contributed by atoms with E-state index < -0.39 is 0 Å². The first-order valence-corrected chi connectivity index (χ1v) is 9.47. The molecule has 2 heterocycles. The van der Waals surface area contributed by atoms with E-state index in [9.17, 15) is 9.59 Å². The van der Waals surface area contributed by atoms with E-state index in [0.29, 0.717) is 17.3 Å². The number of carbonyl (C=O) groups is 2. The van der Waals surface area contributed by atoms with Gasteiger partial charge in [-0.1, -0.05) is 6.07 Å². The Morgan fingerprint density at radius 2 is 2.00 bits per heavy atom. The van der Waals surface area contributed by atoms with Gasteiger partial charge in [-0.25, -0.2) is 9.97 Å². The van der Waals surface area contributed by atoms with Gasteiger partial charge in [-0.2, -0.15) is 0 Å². The van der Waals surface area contributed by atoms with Gasteiger partial charge in [-0.05, 0) is 43.0 Å². The fraction of sp³-hybridized carbons (Fsp3) is 0.263. The van der Waals surface area contributed by atoms with Crippen molar-refractivity contribution in [3.05, 3.63) is 41.0 Å². The molecule has 3 aromatic rings. The van der Waals surface area contributed by atoms with Crippen LogP contribution in [0.1, 0.15) is 23.8 Å². The average Bonchev–Trinajstić information content (AvgIpc) is 3.20. The molecule has 2 aromatic heterocycles. The molecule has 2 amide bonds. The zero-order valence-corrected chi connectivity index (χ0v) is 15.6. The summed E-state index contributed by atoms with van der Waals surface area (Å²) in [4.78, 5) is 34.2. The van der Waals surface area contributed by atoms with Crippen molar-refractivity contribution < 1.29 is 14.3 Å². The Bertz CT molecular complexity index is 1030. The maximum absolute atomic E-state index is 12.3. The third kappa shape index (κ3) is 3.75. The predicted octanol–water partition coefficient (Wildman–Crippen LogP) is 3.16. The van der Waals surface area contributed by atoms with Gasteiger partial charge in [-0.15, -0.1) is 11.3 Å². The van der Waals surface area contributed by atoms with Crippen LogP contribution in [0.25, 0.3) is 10.2 Å². The van der Waals surface area contributed by atoms with Gasteiger partial charge in [-0.3, -0.25) is 9.59 Å². The number of aryl methyl sites for hydroxylation is 2. The minimum absolute atomic E-state index is 0.152. The lowest BCUT2D eigenvalue weighted by Crippen LogP contribution is -2.20. The Hall–Kier alpha value is -3.00. The highest BCUT2D eigenvalue weighted by atomic mass is 32.1. The van der Waals surface area contributed by atoms with Crippen LogP contribution < -0.4 is 15.4 Å². The molecule has 0 bridgehead atoms. The summed E-state index contributed by atoms with van der Waals surface area (Å²) in [5.41, 5.74) is 2.46. The van der Waals surface area contributed by atoms with Crippen LogP contribution in [0.5, 0.6) is 5.88 Å². The number of nitrogens with one attached hydrogen (secondary N) is 2. The van der Waals surface area contributed by atoms with Crippen molar-refractivity contribution in [2.75, 3.05) is 17.2 Å². The van der Waals surface area contributed by atoms with Crippen molar-refractivity contribution in [2.45, 2.75) is 26.2 Å². The number of hydrogen-bond donors (Lipinski definition) is 2. The van der Waals surface area contributed by atoms with E-state index in [-0.39, 0.29) is 18.4 Å². The molecule has 0 aliphatic heterocycles. The highest BCUT2D eigenvalue weighted by Gasteiger charge is 2.22. The molecule has 1 aliphatic carbocycles. The third-order valence-electron chi connectivity index (χ3n) is 4.27. The van der Waals surface area contributed by atoms with Gasteiger partial charge in [0, 0.05) is 23.2 Å².